The average molecular weight is 364 g/mol. The van der Waals surface area contributed by atoms with Gasteiger partial charge in [-0.05, 0) is 11.1 Å². The lowest BCUT2D eigenvalue weighted by molar-refractivity contribution is -0.118. The Morgan fingerprint density at radius 2 is 1.56 bits per heavy atom. The topological polar surface area (TPSA) is 101 Å². The van der Waals surface area contributed by atoms with E-state index in [0.29, 0.717) is 0 Å². The second-order valence-corrected chi connectivity index (χ2v) is 6.18. The number of H-pyrrole nitrogens is 1. The number of rotatable bonds is 5. The first kappa shape index (κ1) is 18.2. The number of nitrogen functional groups attached to an aromatic ring is 1. The third kappa shape index (κ3) is 3.98. The zero-order valence-electron chi connectivity index (χ0n) is 14.9. The Hall–Kier alpha value is -3.61. The molecule has 3 aromatic rings. The number of benzene rings is 2. The second-order valence-electron chi connectivity index (χ2n) is 6.18. The van der Waals surface area contributed by atoms with Gasteiger partial charge in [0.15, 0.2) is 5.69 Å². The summed E-state index contributed by atoms with van der Waals surface area (Å²) in [6.45, 7) is 0.165. The average Bonchev–Trinajstić information content (AvgIpc) is 2.67. The third-order valence-electron chi connectivity index (χ3n) is 4.26. The molecule has 1 heterocycles. The summed E-state index contributed by atoms with van der Waals surface area (Å²) in [4.78, 5) is 41.2. The molecule has 0 bridgehead atoms. The molecular formula is C20H20N4O3. The molecule has 7 nitrogen and oxygen atoms in total. The van der Waals surface area contributed by atoms with Crippen molar-refractivity contribution < 1.29 is 4.79 Å². The van der Waals surface area contributed by atoms with Gasteiger partial charge in [0, 0.05) is 7.05 Å². The van der Waals surface area contributed by atoms with Crippen molar-refractivity contribution in [3.8, 4) is 0 Å². The molecule has 138 valence electrons. The molecule has 3 rings (SSSR count). The molecule has 7 heteroatoms. The van der Waals surface area contributed by atoms with Crippen LogP contribution in [0.25, 0.3) is 0 Å². The zero-order chi connectivity index (χ0) is 19.4. The van der Waals surface area contributed by atoms with Crippen LogP contribution in [0.15, 0.2) is 70.3 Å². The fourth-order valence-electron chi connectivity index (χ4n) is 2.81. The van der Waals surface area contributed by atoms with Crippen LogP contribution in [0.1, 0.15) is 11.1 Å². The van der Waals surface area contributed by atoms with E-state index in [1.165, 1.54) is 11.9 Å². The maximum atomic E-state index is 13.0. The van der Waals surface area contributed by atoms with Crippen LogP contribution in [-0.4, -0.2) is 15.5 Å². The summed E-state index contributed by atoms with van der Waals surface area (Å²) in [5.41, 5.74) is 6.30. The Morgan fingerprint density at radius 3 is 2.15 bits per heavy atom. The Labute approximate surface area is 155 Å². The number of amides is 1. The fourth-order valence-corrected chi connectivity index (χ4v) is 2.81. The van der Waals surface area contributed by atoms with Crippen LogP contribution in [0.4, 0.5) is 11.5 Å². The van der Waals surface area contributed by atoms with E-state index in [-0.39, 0.29) is 30.4 Å². The molecule has 0 aliphatic carbocycles. The van der Waals surface area contributed by atoms with Crippen LogP contribution in [0.5, 0.6) is 0 Å². The Bertz CT molecular complexity index is 1060. The second kappa shape index (κ2) is 7.74. The Kier molecular flexibility index (Phi) is 5.21. The third-order valence-corrected chi connectivity index (χ3v) is 4.26. The summed E-state index contributed by atoms with van der Waals surface area (Å²) in [6.07, 6.45) is 0.107. The molecule has 0 saturated carbocycles. The van der Waals surface area contributed by atoms with Gasteiger partial charge in [0.05, 0.1) is 13.0 Å². The van der Waals surface area contributed by atoms with Crippen molar-refractivity contribution in [2.45, 2.75) is 13.0 Å². The van der Waals surface area contributed by atoms with E-state index in [1.54, 1.807) is 0 Å². The molecule has 0 unspecified atom stereocenters. The van der Waals surface area contributed by atoms with Crippen LogP contribution in [-0.2, 0) is 24.8 Å². The van der Waals surface area contributed by atoms with Crippen molar-refractivity contribution >= 4 is 17.4 Å². The highest BCUT2D eigenvalue weighted by Gasteiger charge is 2.24. The molecule has 0 atom stereocenters. The van der Waals surface area contributed by atoms with E-state index in [9.17, 15) is 14.4 Å². The fraction of sp³-hybridized carbons (Fsp3) is 0.150. The molecule has 1 aromatic heterocycles. The monoisotopic (exact) mass is 364 g/mol. The number of carbonyl (C=O) groups is 1. The lowest BCUT2D eigenvalue weighted by Crippen LogP contribution is -2.42. The van der Waals surface area contributed by atoms with Crippen molar-refractivity contribution in [1.29, 1.82) is 0 Å². The minimum atomic E-state index is -0.628. The first-order chi connectivity index (χ1) is 13.0. The number of nitrogens with one attached hydrogen (secondary N) is 1. The largest absolute Gasteiger partial charge is 0.383 e. The number of hydrogen-bond donors (Lipinski definition) is 2. The molecule has 0 spiro atoms. The smallest absolute Gasteiger partial charge is 0.329 e. The highest BCUT2D eigenvalue weighted by atomic mass is 16.2. The quantitative estimate of drug-likeness (QED) is 0.715. The normalized spacial score (nSPS) is 10.6. The Balaban J connectivity index is 2.05. The van der Waals surface area contributed by atoms with Crippen molar-refractivity contribution in [2.75, 3.05) is 10.6 Å². The van der Waals surface area contributed by atoms with Gasteiger partial charge in [-0.25, -0.2) is 4.79 Å². The number of carbonyl (C=O) groups excluding carboxylic acids is 1. The molecule has 2 aromatic carbocycles. The molecule has 0 saturated heterocycles. The van der Waals surface area contributed by atoms with Gasteiger partial charge in [-0.2, -0.15) is 0 Å². The number of aromatic amines is 1. The SMILES string of the molecule is Cn1c(=O)[nH]c(N)c(N(Cc2ccccc2)C(=O)Cc2ccccc2)c1=O. The predicted octanol–water partition coefficient (Wildman–Crippen LogP) is 1.43. The standard InChI is InChI=1S/C20H20N4O3/c1-23-19(26)17(18(21)22-20(23)27)24(13-15-10-6-3-7-11-15)16(25)12-14-8-4-2-5-9-14/h2-11H,12-13,21H2,1H3,(H,22,27). The lowest BCUT2D eigenvalue weighted by Gasteiger charge is -2.24. The molecule has 0 aliphatic rings. The van der Waals surface area contributed by atoms with Gasteiger partial charge in [-0.1, -0.05) is 60.7 Å². The first-order valence-corrected chi connectivity index (χ1v) is 8.44. The van der Waals surface area contributed by atoms with Gasteiger partial charge in [0.1, 0.15) is 5.82 Å². The summed E-state index contributed by atoms with van der Waals surface area (Å²) in [5, 5.41) is 0. The summed E-state index contributed by atoms with van der Waals surface area (Å²) in [7, 11) is 1.34. The minimum Gasteiger partial charge on any atom is -0.383 e. The first-order valence-electron chi connectivity index (χ1n) is 8.44. The number of aromatic nitrogens is 2. The van der Waals surface area contributed by atoms with Crippen molar-refractivity contribution in [3.05, 3.63) is 92.6 Å². The molecule has 0 radical (unpaired) electrons. The van der Waals surface area contributed by atoms with Crippen LogP contribution in [0, 0.1) is 0 Å². The van der Waals surface area contributed by atoms with Gasteiger partial charge in [-0.15, -0.1) is 0 Å². The van der Waals surface area contributed by atoms with Crippen LogP contribution < -0.4 is 21.9 Å². The molecule has 27 heavy (non-hydrogen) atoms. The maximum Gasteiger partial charge on any atom is 0.329 e. The van der Waals surface area contributed by atoms with Gasteiger partial charge >= 0.3 is 5.69 Å². The molecule has 3 N–H and O–H groups in total. The van der Waals surface area contributed by atoms with Crippen LogP contribution in [0.3, 0.4) is 0 Å². The van der Waals surface area contributed by atoms with Crippen molar-refractivity contribution in [3.63, 3.8) is 0 Å². The van der Waals surface area contributed by atoms with E-state index < -0.39 is 11.2 Å². The van der Waals surface area contributed by atoms with E-state index in [0.717, 1.165) is 15.7 Å². The molecule has 0 fully saturated rings. The van der Waals surface area contributed by atoms with Crippen LogP contribution >= 0.6 is 0 Å². The van der Waals surface area contributed by atoms with E-state index >= 15 is 0 Å². The number of nitrogens with two attached hydrogens (primary N) is 1. The van der Waals surface area contributed by atoms with E-state index in [4.69, 9.17) is 5.73 Å². The summed E-state index contributed by atoms with van der Waals surface area (Å²) < 4.78 is 0.902. The highest BCUT2D eigenvalue weighted by Crippen LogP contribution is 2.19. The van der Waals surface area contributed by atoms with Gasteiger partial charge in [0.25, 0.3) is 5.56 Å². The van der Waals surface area contributed by atoms with Gasteiger partial charge < -0.3 is 5.73 Å². The number of nitrogens with zero attached hydrogens (tertiary/aromatic N) is 2. The molecular weight excluding hydrogens is 344 g/mol. The predicted molar refractivity (Wildman–Crippen MR) is 104 cm³/mol. The summed E-state index contributed by atoms with van der Waals surface area (Å²) >= 11 is 0. The lowest BCUT2D eigenvalue weighted by atomic mass is 10.1. The molecule has 0 aliphatic heterocycles. The van der Waals surface area contributed by atoms with Gasteiger partial charge in [-0.3, -0.25) is 24.0 Å². The summed E-state index contributed by atoms with van der Waals surface area (Å²) in [6, 6.07) is 18.5. The Morgan fingerprint density at radius 1 is 1.00 bits per heavy atom. The van der Waals surface area contributed by atoms with Crippen molar-refractivity contribution in [1.82, 2.24) is 9.55 Å². The van der Waals surface area contributed by atoms with Crippen molar-refractivity contribution in [2.24, 2.45) is 7.05 Å². The van der Waals surface area contributed by atoms with E-state index in [1.807, 2.05) is 60.7 Å². The van der Waals surface area contributed by atoms with Gasteiger partial charge in [0.2, 0.25) is 5.91 Å². The number of hydrogen-bond acceptors (Lipinski definition) is 4. The van der Waals surface area contributed by atoms with Crippen LogP contribution in [0.2, 0.25) is 0 Å². The minimum absolute atomic E-state index is 0.0260. The summed E-state index contributed by atoms with van der Waals surface area (Å²) in [5.74, 6) is -0.415. The molecule has 1 amide bonds. The van der Waals surface area contributed by atoms with E-state index in [2.05, 4.69) is 4.98 Å². The zero-order valence-corrected chi connectivity index (χ0v) is 14.9. The highest BCUT2D eigenvalue weighted by molar-refractivity contribution is 5.96. The maximum absolute atomic E-state index is 13.0. The number of anilines is 2.